The Morgan fingerprint density at radius 2 is 1.61 bits per heavy atom. The zero-order valence-corrected chi connectivity index (χ0v) is 26.4. The summed E-state index contributed by atoms with van der Waals surface area (Å²) in [5.41, 5.74) is -0.465. The molecule has 0 aliphatic carbocycles. The number of esters is 1. The summed E-state index contributed by atoms with van der Waals surface area (Å²) in [4.78, 5) is 51.7. The number of alkyl carbamates (subject to hydrolysis) is 1. The van der Waals surface area contributed by atoms with Crippen molar-refractivity contribution < 1.29 is 38.1 Å². The topological polar surface area (TPSA) is 133 Å². The minimum Gasteiger partial charge on any atom is -0.476 e. The predicted octanol–water partition coefficient (Wildman–Crippen LogP) is 5.24. The smallest absolute Gasteiger partial charge is 0.413 e. The van der Waals surface area contributed by atoms with Crippen LogP contribution in [0.15, 0.2) is 48.5 Å². The van der Waals surface area contributed by atoms with Crippen molar-refractivity contribution in [3.8, 4) is 5.75 Å². The highest BCUT2D eigenvalue weighted by molar-refractivity contribution is 6.30. The van der Waals surface area contributed by atoms with E-state index in [2.05, 4.69) is 10.6 Å². The van der Waals surface area contributed by atoms with Crippen molar-refractivity contribution in [2.75, 3.05) is 13.3 Å². The molecule has 0 saturated carbocycles. The minimum atomic E-state index is -1.35. The van der Waals surface area contributed by atoms with Crippen LogP contribution in [0.2, 0.25) is 5.02 Å². The second-order valence-corrected chi connectivity index (χ2v) is 12.9. The Hall–Kier alpha value is -3.99. The molecule has 0 aromatic heterocycles. The van der Waals surface area contributed by atoms with Crippen LogP contribution in [0, 0.1) is 0 Å². The van der Waals surface area contributed by atoms with Crippen molar-refractivity contribution in [2.45, 2.75) is 89.6 Å². The maximum atomic E-state index is 12.8. The van der Waals surface area contributed by atoms with Gasteiger partial charge in [-0.05, 0) is 102 Å². The van der Waals surface area contributed by atoms with Gasteiger partial charge >= 0.3 is 18.2 Å². The number of rotatable bonds is 10. The van der Waals surface area contributed by atoms with Gasteiger partial charge in [0.15, 0.2) is 5.60 Å². The summed E-state index contributed by atoms with van der Waals surface area (Å²) in [6.07, 6.45) is 1.63. The van der Waals surface area contributed by atoms with Crippen molar-refractivity contribution in [1.82, 2.24) is 15.5 Å². The van der Waals surface area contributed by atoms with Crippen molar-refractivity contribution in [1.29, 1.82) is 0 Å². The van der Waals surface area contributed by atoms with Gasteiger partial charge in [0.05, 0.1) is 12.1 Å². The highest BCUT2D eigenvalue weighted by atomic mass is 35.5. The predicted molar refractivity (Wildman–Crippen MR) is 163 cm³/mol. The van der Waals surface area contributed by atoms with E-state index in [0.29, 0.717) is 35.7 Å². The molecule has 2 aromatic carbocycles. The maximum absolute atomic E-state index is 12.8. The molecule has 0 radical (unpaired) electrons. The molecule has 2 aromatic rings. The van der Waals surface area contributed by atoms with Crippen LogP contribution in [0.5, 0.6) is 5.75 Å². The first-order valence-electron chi connectivity index (χ1n) is 14.7. The molecule has 2 fully saturated rings. The molecule has 2 heterocycles. The first-order chi connectivity index (χ1) is 20.7. The molecule has 2 saturated heterocycles. The van der Waals surface area contributed by atoms with Gasteiger partial charge in [-0.2, -0.15) is 0 Å². The van der Waals surface area contributed by atoms with Gasteiger partial charge in [-0.1, -0.05) is 23.7 Å². The third-order valence-electron chi connectivity index (χ3n) is 7.42. The molecule has 4 rings (SSSR count). The fourth-order valence-corrected chi connectivity index (χ4v) is 5.48. The number of halogens is 1. The van der Waals surface area contributed by atoms with E-state index in [1.165, 1.54) is 0 Å². The molecule has 2 bridgehead atoms. The number of fused-ring (bicyclic) bond motifs is 2. The first-order valence-corrected chi connectivity index (χ1v) is 15.0. The molecule has 3 atom stereocenters. The SMILES string of the molecule is CC(C)(C)OC(=O)N[C@H]1CC2CCC1N2C(=O)OCOC(=O)C(C)(C)Oc1ccc(CCNC(=O)c2ccc(Cl)cc2)cc1. The monoisotopic (exact) mass is 629 g/mol. The lowest BCUT2D eigenvalue weighted by molar-refractivity contribution is -0.168. The molecule has 11 nitrogen and oxygen atoms in total. The first kappa shape index (κ1) is 32.9. The van der Waals surface area contributed by atoms with Crippen molar-refractivity contribution in [3.63, 3.8) is 0 Å². The number of nitrogens with zero attached hydrogens (tertiary/aromatic N) is 1. The largest absolute Gasteiger partial charge is 0.476 e. The number of hydrogen-bond acceptors (Lipinski definition) is 8. The number of nitrogens with one attached hydrogen (secondary N) is 2. The second kappa shape index (κ2) is 13.8. The summed E-state index contributed by atoms with van der Waals surface area (Å²) in [5, 5.41) is 6.30. The van der Waals surface area contributed by atoms with Crippen molar-refractivity contribution >= 4 is 35.7 Å². The van der Waals surface area contributed by atoms with Crippen LogP contribution in [-0.4, -0.2) is 71.6 Å². The van der Waals surface area contributed by atoms with Gasteiger partial charge in [0.1, 0.15) is 11.4 Å². The van der Waals surface area contributed by atoms with Gasteiger partial charge in [0.2, 0.25) is 6.79 Å². The van der Waals surface area contributed by atoms with Crippen LogP contribution in [0.3, 0.4) is 0 Å². The van der Waals surface area contributed by atoms with E-state index in [1.807, 2.05) is 12.1 Å². The highest BCUT2D eigenvalue weighted by Gasteiger charge is 2.50. The number of ether oxygens (including phenoxy) is 4. The number of hydrogen-bond donors (Lipinski definition) is 2. The zero-order valence-electron chi connectivity index (χ0n) is 25.7. The molecule has 238 valence electrons. The van der Waals surface area contributed by atoms with E-state index in [1.54, 1.807) is 75.9 Å². The number of carbonyl (C=O) groups excluding carboxylic acids is 4. The fourth-order valence-electron chi connectivity index (χ4n) is 5.35. The van der Waals surface area contributed by atoms with E-state index in [-0.39, 0.29) is 24.0 Å². The summed E-state index contributed by atoms with van der Waals surface area (Å²) in [6.45, 7) is 8.37. The Morgan fingerprint density at radius 3 is 2.27 bits per heavy atom. The van der Waals surface area contributed by atoms with Crippen molar-refractivity contribution in [3.05, 3.63) is 64.7 Å². The molecule has 2 aliphatic rings. The van der Waals surface area contributed by atoms with Crippen LogP contribution in [0.4, 0.5) is 9.59 Å². The Labute approximate surface area is 262 Å². The molecular weight excluding hydrogens is 590 g/mol. The van der Waals surface area contributed by atoms with Crippen molar-refractivity contribution in [2.24, 2.45) is 0 Å². The Morgan fingerprint density at radius 1 is 0.932 bits per heavy atom. The standard InChI is InChI=1S/C32H40ClN3O8/c1-31(2,3)44-29(39)35-25-18-23-12-15-26(25)36(23)30(40)42-19-41-28(38)32(4,5)43-24-13-6-20(7-14-24)16-17-34-27(37)21-8-10-22(33)11-9-21/h6-11,13-14,23,25-26H,12,15-19H2,1-5H3,(H,34,37)(H,35,39)/t23?,25-,26?/m0/s1. The van der Waals surface area contributed by atoms with E-state index in [9.17, 15) is 19.2 Å². The summed E-state index contributed by atoms with van der Waals surface area (Å²) in [7, 11) is 0. The average Bonchev–Trinajstić information content (AvgIpc) is 3.51. The average molecular weight is 630 g/mol. The highest BCUT2D eigenvalue weighted by Crippen LogP contribution is 2.38. The Kier molecular flexibility index (Phi) is 10.3. The minimum absolute atomic E-state index is 0.0642. The third kappa shape index (κ3) is 8.78. The number of carbonyl (C=O) groups is 4. The third-order valence-corrected chi connectivity index (χ3v) is 7.67. The summed E-state index contributed by atoms with van der Waals surface area (Å²) < 4.78 is 21.7. The lowest BCUT2D eigenvalue weighted by Gasteiger charge is -2.27. The number of benzene rings is 2. The Bertz CT molecular complexity index is 1340. The molecular formula is C32H40ClN3O8. The maximum Gasteiger partial charge on any atom is 0.413 e. The van der Waals surface area contributed by atoms with Crippen LogP contribution in [0.1, 0.15) is 69.8 Å². The van der Waals surface area contributed by atoms with E-state index in [0.717, 1.165) is 18.4 Å². The van der Waals surface area contributed by atoms with Crippen LogP contribution < -0.4 is 15.4 Å². The molecule has 12 heteroatoms. The van der Waals surface area contributed by atoms with Gasteiger partial charge < -0.3 is 34.5 Å². The molecule has 3 amide bonds. The quantitative estimate of drug-likeness (QED) is 0.269. The van der Waals surface area contributed by atoms with E-state index < -0.39 is 36.2 Å². The summed E-state index contributed by atoms with van der Waals surface area (Å²) in [6, 6.07) is 13.3. The lowest BCUT2D eigenvalue weighted by Crippen LogP contribution is -2.47. The molecule has 44 heavy (non-hydrogen) atoms. The molecule has 2 aliphatic heterocycles. The lowest BCUT2D eigenvalue weighted by atomic mass is 9.96. The van der Waals surface area contributed by atoms with E-state index in [4.69, 9.17) is 30.5 Å². The van der Waals surface area contributed by atoms with E-state index >= 15 is 0 Å². The summed E-state index contributed by atoms with van der Waals surface area (Å²) in [5.74, 6) is -0.428. The van der Waals surface area contributed by atoms with Crippen LogP contribution in [0.25, 0.3) is 0 Å². The molecule has 0 spiro atoms. The van der Waals surface area contributed by atoms with Crippen LogP contribution >= 0.6 is 11.6 Å². The fraction of sp³-hybridized carbons (Fsp3) is 0.500. The Balaban J connectivity index is 1.18. The molecule has 2 unspecified atom stereocenters. The van der Waals surface area contributed by atoms with Gasteiger partial charge in [-0.25, -0.2) is 14.4 Å². The van der Waals surface area contributed by atoms with Gasteiger partial charge in [-0.3, -0.25) is 4.79 Å². The zero-order chi connectivity index (χ0) is 32.1. The van der Waals surface area contributed by atoms with Gasteiger partial charge in [0.25, 0.3) is 5.91 Å². The van der Waals surface area contributed by atoms with Crippen LogP contribution in [-0.2, 0) is 25.4 Å². The van der Waals surface area contributed by atoms with Gasteiger partial charge in [-0.15, -0.1) is 0 Å². The normalized spacial score (nSPS) is 19.2. The van der Waals surface area contributed by atoms with Gasteiger partial charge in [0, 0.05) is 23.2 Å². The summed E-state index contributed by atoms with van der Waals surface area (Å²) >= 11 is 5.87. The second-order valence-electron chi connectivity index (χ2n) is 12.4. The number of amides is 3. The molecule has 2 N–H and O–H groups in total.